The lowest BCUT2D eigenvalue weighted by atomic mass is 9.90. The molecule has 2 N–H and O–H groups in total. The number of nitrogens with zero attached hydrogens (tertiary/aromatic N) is 2. The van der Waals surface area contributed by atoms with E-state index in [0.717, 1.165) is 55.8 Å². The third-order valence-electron chi connectivity index (χ3n) is 5.62. The van der Waals surface area contributed by atoms with Crippen molar-refractivity contribution in [3.8, 4) is 0 Å². The Balaban J connectivity index is 1.53. The smallest absolute Gasteiger partial charge is 0.266 e. The Bertz CT molecular complexity index is 1030. The number of nitrogens with one attached hydrogen (secondary N) is 2. The molecule has 1 aromatic carbocycles. The van der Waals surface area contributed by atoms with E-state index in [2.05, 4.69) is 26.8 Å². The summed E-state index contributed by atoms with van der Waals surface area (Å²) < 4.78 is 42.3. The summed E-state index contributed by atoms with van der Waals surface area (Å²) in [6, 6.07) is 2.26. The standard InChI is InChI=1S/C18H21Cl2FN4O2S2/c1-11-7-18(3-2-4-25(18)9-11)10-23-14-6-13(21)15(5-12(14)19)29(26,27)24-17-22-8-16(20)28-17/h5-6,8,11,23H,2-4,7,9-10H2,1H3,(H,22,24)/t11-,18+/m1/s1. The topological polar surface area (TPSA) is 74.3 Å². The summed E-state index contributed by atoms with van der Waals surface area (Å²) in [5, 5.41) is 3.46. The highest BCUT2D eigenvalue weighted by Crippen LogP contribution is 2.42. The SMILES string of the molecule is C[C@H]1CN2CCC[C@@]2(CNc2cc(F)c(S(=O)(=O)Nc3ncc(Cl)s3)cc2Cl)C1. The van der Waals surface area contributed by atoms with E-state index in [1.54, 1.807) is 0 Å². The molecule has 2 saturated heterocycles. The molecule has 2 fully saturated rings. The fraction of sp³-hybridized carbons (Fsp3) is 0.500. The fourth-order valence-corrected chi connectivity index (χ4v) is 6.91. The van der Waals surface area contributed by atoms with E-state index < -0.39 is 20.7 Å². The summed E-state index contributed by atoms with van der Waals surface area (Å²) >= 11 is 13.0. The van der Waals surface area contributed by atoms with Gasteiger partial charge < -0.3 is 5.32 Å². The van der Waals surface area contributed by atoms with Crippen LogP contribution in [0.3, 0.4) is 0 Å². The van der Waals surface area contributed by atoms with Gasteiger partial charge in [-0.1, -0.05) is 41.5 Å². The molecule has 2 atom stereocenters. The van der Waals surface area contributed by atoms with Crippen LogP contribution >= 0.6 is 34.5 Å². The van der Waals surface area contributed by atoms with Gasteiger partial charge in [-0.2, -0.15) is 0 Å². The Hall–Kier alpha value is -1.13. The molecular formula is C18H21Cl2FN4O2S2. The largest absolute Gasteiger partial charge is 0.382 e. The van der Waals surface area contributed by atoms with Crippen molar-refractivity contribution in [1.82, 2.24) is 9.88 Å². The van der Waals surface area contributed by atoms with Crippen LogP contribution in [0.1, 0.15) is 26.2 Å². The monoisotopic (exact) mass is 478 g/mol. The maximum atomic E-state index is 14.7. The fourth-order valence-electron chi connectivity index (χ4n) is 4.47. The lowest BCUT2D eigenvalue weighted by Crippen LogP contribution is -2.44. The van der Waals surface area contributed by atoms with Gasteiger partial charge in [0.15, 0.2) is 5.13 Å². The van der Waals surface area contributed by atoms with Crippen LogP contribution in [0, 0.1) is 11.7 Å². The van der Waals surface area contributed by atoms with E-state index in [9.17, 15) is 12.8 Å². The molecule has 0 spiro atoms. The maximum Gasteiger partial charge on any atom is 0.266 e. The molecule has 0 unspecified atom stereocenters. The van der Waals surface area contributed by atoms with Crippen LogP contribution in [-0.4, -0.2) is 43.5 Å². The number of thiazole rings is 1. The second kappa shape index (κ2) is 7.85. The van der Waals surface area contributed by atoms with Gasteiger partial charge in [-0.05, 0) is 43.9 Å². The summed E-state index contributed by atoms with van der Waals surface area (Å²) in [6.07, 6.45) is 4.65. The summed E-state index contributed by atoms with van der Waals surface area (Å²) in [4.78, 5) is 5.79. The Labute approximate surface area is 183 Å². The minimum Gasteiger partial charge on any atom is -0.382 e. The van der Waals surface area contributed by atoms with Crippen LogP contribution in [0.15, 0.2) is 23.2 Å². The van der Waals surface area contributed by atoms with Crippen molar-refractivity contribution in [2.75, 3.05) is 29.7 Å². The highest BCUT2D eigenvalue weighted by atomic mass is 35.5. The molecule has 3 heterocycles. The molecule has 0 bridgehead atoms. The lowest BCUT2D eigenvalue weighted by molar-refractivity contribution is 0.209. The number of hydrogen-bond acceptors (Lipinski definition) is 6. The van der Waals surface area contributed by atoms with Gasteiger partial charge in [-0.15, -0.1) is 0 Å². The van der Waals surface area contributed by atoms with Crippen LogP contribution in [0.2, 0.25) is 9.36 Å². The Morgan fingerprint density at radius 3 is 2.93 bits per heavy atom. The zero-order chi connectivity index (χ0) is 20.8. The van der Waals surface area contributed by atoms with Crippen LogP contribution in [0.5, 0.6) is 0 Å². The summed E-state index contributed by atoms with van der Waals surface area (Å²) in [7, 11) is -4.18. The number of anilines is 2. The quantitative estimate of drug-likeness (QED) is 0.630. The summed E-state index contributed by atoms with van der Waals surface area (Å²) in [6.45, 7) is 5.05. The average molecular weight is 479 g/mol. The van der Waals surface area contributed by atoms with Crippen LogP contribution in [0.4, 0.5) is 15.2 Å². The van der Waals surface area contributed by atoms with Crippen molar-refractivity contribution in [2.24, 2.45) is 5.92 Å². The highest BCUT2D eigenvalue weighted by Gasteiger charge is 2.46. The van der Waals surface area contributed by atoms with E-state index >= 15 is 0 Å². The highest BCUT2D eigenvalue weighted by molar-refractivity contribution is 7.93. The first-order valence-corrected chi connectivity index (χ1v) is 12.4. The van der Waals surface area contributed by atoms with Crippen LogP contribution < -0.4 is 10.0 Å². The van der Waals surface area contributed by atoms with Gasteiger partial charge in [0.1, 0.15) is 15.0 Å². The van der Waals surface area contributed by atoms with Crippen molar-refractivity contribution in [3.63, 3.8) is 0 Å². The first kappa shape index (κ1) is 21.1. The van der Waals surface area contributed by atoms with Crippen molar-refractivity contribution in [1.29, 1.82) is 0 Å². The maximum absolute atomic E-state index is 14.7. The van der Waals surface area contributed by atoms with Gasteiger partial charge in [0, 0.05) is 18.6 Å². The minimum atomic E-state index is -4.18. The number of fused-ring (bicyclic) bond motifs is 1. The normalized spacial score (nSPS) is 24.6. The van der Waals surface area contributed by atoms with Gasteiger partial charge in [-0.3, -0.25) is 9.62 Å². The Kier molecular flexibility index (Phi) is 5.71. The molecule has 4 rings (SSSR count). The minimum absolute atomic E-state index is 0.0588. The van der Waals surface area contributed by atoms with E-state index in [-0.39, 0.29) is 15.7 Å². The zero-order valence-electron chi connectivity index (χ0n) is 15.7. The molecular weight excluding hydrogens is 458 g/mol. The molecule has 11 heteroatoms. The predicted molar refractivity (Wildman–Crippen MR) is 115 cm³/mol. The van der Waals surface area contributed by atoms with Crippen molar-refractivity contribution in [3.05, 3.63) is 33.5 Å². The molecule has 2 aliphatic rings. The number of sulfonamides is 1. The molecule has 0 aliphatic carbocycles. The molecule has 29 heavy (non-hydrogen) atoms. The molecule has 158 valence electrons. The number of halogens is 3. The number of benzene rings is 1. The average Bonchev–Trinajstić information content (AvgIpc) is 3.28. The van der Waals surface area contributed by atoms with Crippen molar-refractivity contribution >= 4 is 55.4 Å². The third-order valence-corrected chi connectivity index (χ3v) is 8.45. The lowest BCUT2D eigenvalue weighted by Gasteiger charge is -2.32. The first-order chi connectivity index (χ1) is 13.7. The number of aromatic nitrogens is 1. The zero-order valence-corrected chi connectivity index (χ0v) is 18.9. The summed E-state index contributed by atoms with van der Waals surface area (Å²) in [5.74, 6) is -0.255. The number of hydrogen-bond donors (Lipinski definition) is 2. The first-order valence-electron chi connectivity index (χ1n) is 9.31. The van der Waals surface area contributed by atoms with Crippen molar-refractivity contribution < 1.29 is 12.8 Å². The number of rotatable bonds is 6. The second-order valence-electron chi connectivity index (χ2n) is 7.77. The van der Waals surface area contributed by atoms with Crippen LogP contribution in [0.25, 0.3) is 0 Å². The molecule has 2 aliphatic heterocycles. The van der Waals surface area contributed by atoms with Gasteiger partial charge in [0.25, 0.3) is 10.0 Å². The molecule has 0 amide bonds. The van der Waals surface area contributed by atoms with Gasteiger partial charge in [-0.25, -0.2) is 17.8 Å². The van der Waals surface area contributed by atoms with Crippen molar-refractivity contribution in [2.45, 2.75) is 36.6 Å². The third kappa shape index (κ3) is 4.20. The van der Waals surface area contributed by atoms with Gasteiger partial charge >= 0.3 is 0 Å². The predicted octanol–water partition coefficient (Wildman–Crippen LogP) is 4.68. The second-order valence-corrected chi connectivity index (χ2v) is 11.5. The molecule has 0 saturated carbocycles. The summed E-state index contributed by atoms with van der Waals surface area (Å²) in [5.41, 5.74) is 0.455. The molecule has 0 radical (unpaired) electrons. The molecule has 2 aromatic rings. The van der Waals surface area contributed by atoms with E-state index in [1.807, 2.05) is 0 Å². The van der Waals surface area contributed by atoms with E-state index in [1.165, 1.54) is 6.20 Å². The molecule has 1 aromatic heterocycles. The van der Waals surface area contributed by atoms with E-state index in [0.29, 0.717) is 22.5 Å². The Morgan fingerprint density at radius 1 is 1.41 bits per heavy atom. The van der Waals surface area contributed by atoms with Gasteiger partial charge in [0.05, 0.1) is 16.9 Å². The van der Waals surface area contributed by atoms with Crippen LogP contribution in [-0.2, 0) is 10.0 Å². The van der Waals surface area contributed by atoms with E-state index in [4.69, 9.17) is 23.2 Å². The Morgan fingerprint density at radius 2 is 2.21 bits per heavy atom. The molecule has 6 nitrogen and oxygen atoms in total. The van der Waals surface area contributed by atoms with Gasteiger partial charge in [0.2, 0.25) is 0 Å².